The molecule has 2 heteroatoms. The number of nitrogens with two attached hydrogens (primary N) is 1. The molecule has 1 fully saturated rings. The molecule has 0 bridgehead atoms. The molecule has 0 saturated heterocycles. The van der Waals surface area contributed by atoms with Crippen molar-refractivity contribution in [3.8, 4) is 0 Å². The highest BCUT2D eigenvalue weighted by Crippen LogP contribution is 2.31. The fourth-order valence-corrected chi connectivity index (χ4v) is 3.69. The largest absolute Gasteiger partial charge is 0.402 e. The molecule has 0 heterocycles. The van der Waals surface area contributed by atoms with Crippen molar-refractivity contribution in [1.82, 2.24) is 0 Å². The van der Waals surface area contributed by atoms with Gasteiger partial charge in [-0.25, -0.2) is 0 Å². The van der Waals surface area contributed by atoms with Crippen LogP contribution < -0.4 is 5.73 Å². The molecule has 19 heavy (non-hydrogen) atoms. The second kappa shape index (κ2) is 7.94. The summed E-state index contributed by atoms with van der Waals surface area (Å²) in [7, 11) is 1.86. The molecule has 2 rings (SSSR count). The quantitative estimate of drug-likeness (QED) is 0.723. The first-order valence-electron chi connectivity index (χ1n) is 8.25. The molecule has 110 valence electrons. The number of hydrogen-bond acceptors (Lipinski definition) is 2. The van der Waals surface area contributed by atoms with Crippen LogP contribution in [0.4, 0.5) is 0 Å². The number of rotatable bonds is 6. The van der Waals surface area contributed by atoms with Crippen LogP contribution >= 0.6 is 0 Å². The van der Waals surface area contributed by atoms with Gasteiger partial charge in [0.25, 0.3) is 0 Å². The third-order valence-electron chi connectivity index (χ3n) is 5.16. The van der Waals surface area contributed by atoms with E-state index in [-0.39, 0.29) is 0 Å². The molecule has 1 saturated carbocycles. The molecule has 2 aliphatic rings. The monoisotopic (exact) mass is 265 g/mol. The topological polar surface area (TPSA) is 35.2 Å². The van der Waals surface area contributed by atoms with Crippen molar-refractivity contribution < 1.29 is 4.74 Å². The average Bonchev–Trinajstić information content (AvgIpc) is 2.46. The number of allylic oxidation sites excluding steroid dienone is 2. The molecule has 0 aromatic carbocycles. The molecule has 0 radical (unpaired) electrons. The van der Waals surface area contributed by atoms with Crippen LogP contribution in [0.1, 0.15) is 70.6 Å². The first-order valence-corrected chi connectivity index (χ1v) is 8.25. The predicted octanol–water partition coefficient (Wildman–Crippen LogP) is 4.39. The fraction of sp³-hybridized carbons (Fsp3) is 0.882. The Morgan fingerprint density at radius 2 is 1.74 bits per heavy atom. The number of methoxy groups -OCH3 is 1. The first kappa shape index (κ1) is 14.9. The standard InChI is InChI=1S/C17H31NO/c1-19-17-12-8-15(9-13-17)5-3-2-4-14-6-10-16(18)11-7-14/h10,14-15,17H,2-9,11-13,18H2,1H3. The number of ether oxygens (including phenoxy) is 1. The summed E-state index contributed by atoms with van der Waals surface area (Å²) in [4.78, 5) is 0. The Morgan fingerprint density at radius 3 is 2.32 bits per heavy atom. The number of hydrogen-bond donors (Lipinski definition) is 1. The van der Waals surface area contributed by atoms with E-state index in [0.717, 1.165) is 24.0 Å². The summed E-state index contributed by atoms with van der Waals surface area (Å²) in [5, 5.41) is 0. The second-order valence-corrected chi connectivity index (χ2v) is 6.58. The lowest BCUT2D eigenvalue weighted by atomic mass is 9.83. The lowest BCUT2D eigenvalue weighted by molar-refractivity contribution is 0.0551. The van der Waals surface area contributed by atoms with E-state index in [1.54, 1.807) is 0 Å². The summed E-state index contributed by atoms with van der Waals surface area (Å²) < 4.78 is 5.44. The SMILES string of the molecule is COC1CCC(CCCCC2CC=C(N)CC2)CC1. The molecule has 0 aromatic rings. The summed E-state index contributed by atoms with van der Waals surface area (Å²) in [6, 6.07) is 0. The molecule has 0 aliphatic heterocycles. The van der Waals surface area contributed by atoms with Gasteiger partial charge < -0.3 is 10.5 Å². The van der Waals surface area contributed by atoms with Crippen molar-refractivity contribution in [2.24, 2.45) is 17.6 Å². The average molecular weight is 265 g/mol. The Labute approximate surface area is 118 Å². The van der Waals surface area contributed by atoms with E-state index in [1.807, 2.05) is 7.11 Å². The Kier molecular flexibility index (Phi) is 6.22. The number of unbranched alkanes of at least 4 members (excludes halogenated alkanes) is 1. The highest BCUT2D eigenvalue weighted by Gasteiger charge is 2.20. The van der Waals surface area contributed by atoms with Gasteiger partial charge in [-0.3, -0.25) is 0 Å². The van der Waals surface area contributed by atoms with Crippen LogP contribution in [0.3, 0.4) is 0 Å². The van der Waals surface area contributed by atoms with Gasteiger partial charge in [0.1, 0.15) is 0 Å². The van der Waals surface area contributed by atoms with Gasteiger partial charge in [-0.15, -0.1) is 0 Å². The molecular formula is C17H31NO. The zero-order chi connectivity index (χ0) is 13.5. The van der Waals surface area contributed by atoms with Crippen molar-refractivity contribution in [2.45, 2.75) is 76.7 Å². The van der Waals surface area contributed by atoms with E-state index >= 15 is 0 Å². The zero-order valence-corrected chi connectivity index (χ0v) is 12.6. The van der Waals surface area contributed by atoms with Crippen LogP contribution in [0, 0.1) is 11.8 Å². The molecular weight excluding hydrogens is 234 g/mol. The molecule has 0 spiro atoms. The molecule has 2 aliphatic carbocycles. The summed E-state index contributed by atoms with van der Waals surface area (Å²) in [5.41, 5.74) is 6.94. The second-order valence-electron chi connectivity index (χ2n) is 6.58. The van der Waals surface area contributed by atoms with Gasteiger partial charge in [0, 0.05) is 12.8 Å². The van der Waals surface area contributed by atoms with Crippen LogP contribution in [0.2, 0.25) is 0 Å². The maximum Gasteiger partial charge on any atom is 0.0571 e. The van der Waals surface area contributed by atoms with Gasteiger partial charge in [-0.05, 0) is 56.8 Å². The fourth-order valence-electron chi connectivity index (χ4n) is 3.69. The summed E-state index contributed by atoms with van der Waals surface area (Å²) in [5.74, 6) is 1.89. The van der Waals surface area contributed by atoms with Crippen molar-refractivity contribution in [3.05, 3.63) is 11.8 Å². The lowest BCUT2D eigenvalue weighted by Gasteiger charge is -2.27. The van der Waals surface area contributed by atoms with Crippen molar-refractivity contribution >= 4 is 0 Å². The molecule has 0 amide bonds. The maximum absolute atomic E-state index is 5.82. The van der Waals surface area contributed by atoms with Crippen LogP contribution in [-0.2, 0) is 4.74 Å². The van der Waals surface area contributed by atoms with E-state index < -0.39 is 0 Å². The van der Waals surface area contributed by atoms with Gasteiger partial charge in [-0.2, -0.15) is 0 Å². The van der Waals surface area contributed by atoms with Crippen LogP contribution in [0.15, 0.2) is 11.8 Å². The highest BCUT2D eigenvalue weighted by atomic mass is 16.5. The Balaban J connectivity index is 1.51. The molecule has 1 atom stereocenters. The smallest absolute Gasteiger partial charge is 0.0571 e. The van der Waals surface area contributed by atoms with E-state index in [0.29, 0.717) is 6.10 Å². The van der Waals surface area contributed by atoms with Gasteiger partial charge in [0.15, 0.2) is 0 Å². The highest BCUT2D eigenvalue weighted by molar-refractivity contribution is 5.01. The summed E-state index contributed by atoms with van der Waals surface area (Å²) >= 11 is 0. The van der Waals surface area contributed by atoms with Gasteiger partial charge >= 0.3 is 0 Å². The minimum Gasteiger partial charge on any atom is -0.402 e. The van der Waals surface area contributed by atoms with Crippen LogP contribution in [0.5, 0.6) is 0 Å². The van der Waals surface area contributed by atoms with E-state index in [2.05, 4.69) is 6.08 Å². The zero-order valence-electron chi connectivity index (χ0n) is 12.6. The molecule has 2 nitrogen and oxygen atoms in total. The molecule has 2 N–H and O–H groups in total. The first-order chi connectivity index (χ1) is 9.28. The summed E-state index contributed by atoms with van der Waals surface area (Å²) in [6.07, 6.45) is 17.5. The Hall–Kier alpha value is -0.500. The van der Waals surface area contributed by atoms with E-state index in [1.165, 1.54) is 64.2 Å². The molecule has 0 aromatic heterocycles. The summed E-state index contributed by atoms with van der Waals surface area (Å²) in [6.45, 7) is 0. The van der Waals surface area contributed by atoms with Crippen molar-refractivity contribution in [2.75, 3.05) is 7.11 Å². The maximum atomic E-state index is 5.82. The van der Waals surface area contributed by atoms with E-state index in [4.69, 9.17) is 10.5 Å². The van der Waals surface area contributed by atoms with Gasteiger partial charge in [0.05, 0.1) is 6.10 Å². The molecule has 1 unspecified atom stereocenters. The normalized spacial score (nSPS) is 32.1. The minimum absolute atomic E-state index is 0.552. The Bertz CT molecular complexity index is 279. The van der Waals surface area contributed by atoms with Crippen molar-refractivity contribution in [3.63, 3.8) is 0 Å². The van der Waals surface area contributed by atoms with Crippen LogP contribution in [-0.4, -0.2) is 13.2 Å². The minimum atomic E-state index is 0.552. The Morgan fingerprint density at radius 1 is 1.05 bits per heavy atom. The van der Waals surface area contributed by atoms with Crippen molar-refractivity contribution in [1.29, 1.82) is 0 Å². The third kappa shape index (κ3) is 5.18. The lowest BCUT2D eigenvalue weighted by Crippen LogP contribution is -2.20. The van der Waals surface area contributed by atoms with Crippen LogP contribution in [0.25, 0.3) is 0 Å². The predicted molar refractivity (Wildman–Crippen MR) is 80.8 cm³/mol. The third-order valence-corrected chi connectivity index (χ3v) is 5.16. The van der Waals surface area contributed by atoms with Gasteiger partial charge in [0.2, 0.25) is 0 Å². The van der Waals surface area contributed by atoms with Gasteiger partial charge in [-0.1, -0.05) is 31.8 Å². The van der Waals surface area contributed by atoms with E-state index in [9.17, 15) is 0 Å².